The second-order valence-corrected chi connectivity index (χ2v) is 8.01. The van der Waals surface area contributed by atoms with Crippen molar-refractivity contribution in [2.24, 2.45) is 0 Å². The average molecular weight is 421 g/mol. The minimum atomic E-state index is -0.206. The first-order valence-corrected chi connectivity index (χ1v) is 7.93. The van der Waals surface area contributed by atoms with Crippen LogP contribution in [0.3, 0.4) is 0 Å². The molecule has 0 saturated heterocycles. The summed E-state index contributed by atoms with van der Waals surface area (Å²) in [5, 5.41) is 0. The Hall–Kier alpha value is 0.130. The number of rotatable bonds is 1. The van der Waals surface area contributed by atoms with Gasteiger partial charge in [-0.05, 0) is 85.7 Å². The van der Waals surface area contributed by atoms with Gasteiger partial charge in [0.2, 0.25) is 0 Å². The van der Waals surface area contributed by atoms with Gasteiger partial charge in [0, 0.05) is 14.5 Å². The van der Waals surface area contributed by atoms with Crippen molar-refractivity contribution in [1.29, 1.82) is 0 Å². The summed E-state index contributed by atoms with van der Waals surface area (Å²) in [6.45, 7) is 8.57. The lowest BCUT2D eigenvalue weighted by atomic mass is 9.86. The second-order valence-electron chi connectivity index (χ2n) is 5.94. The zero-order valence-corrected chi connectivity index (χ0v) is 14.9. The van der Waals surface area contributed by atoms with Crippen LogP contribution < -0.4 is 0 Å². The van der Waals surface area contributed by atoms with Crippen LogP contribution in [-0.4, -0.2) is 11.2 Å². The largest absolute Gasteiger partial charge is 0.365 e. The number of hydrogen-bond donors (Lipinski definition) is 0. The second kappa shape index (κ2) is 4.91. The molecular formula is C15H18BrIO. The fourth-order valence-corrected chi connectivity index (χ4v) is 3.67. The summed E-state index contributed by atoms with van der Waals surface area (Å²) in [4.78, 5) is 0. The van der Waals surface area contributed by atoms with Crippen molar-refractivity contribution in [3.63, 3.8) is 0 Å². The van der Waals surface area contributed by atoms with Gasteiger partial charge in [0.25, 0.3) is 0 Å². The van der Waals surface area contributed by atoms with Crippen LogP contribution in [0.25, 0.3) is 5.57 Å². The van der Waals surface area contributed by atoms with Crippen molar-refractivity contribution >= 4 is 44.1 Å². The Morgan fingerprint density at radius 2 is 1.89 bits per heavy atom. The molecule has 1 aromatic carbocycles. The van der Waals surface area contributed by atoms with Gasteiger partial charge in [-0.15, -0.1) is 0 Å². The molecule has 0 unspecified atom stereocenters. The number of hydrogen-bond acceptors (Lipinski definition) is 1. The lowest BCUT2D eigenvalue weighted by Crippen LogP contribution is -2.39. The molecule has 1 nitrogen and oxygen atoms in total. The van der Waals surface area contributed by atoms with Gasteiger partial charge < -0.3 is 4.74 Å². The summed E-state index contributed by atoms with van der Waals surface area (Å²) >= 11 is 5.96. The highest BCUT2D eigenvalue weighted by molar-refractivity contribution is 14.1. The number of benzene rings is 1. The number of halogens is 2. The molecule has 18 heavy (non-hydrogen) atoms. The van der Waals surface area contributed by atoms with Crippen LogP contribution >= 0.6 is 38.5 Å². The summed E-state index contributed by atoms with van der Waals surface area (Å²) in [5.41, 5.74) is 2.37. The molecule has 0 bridgehead atoms. The molecule has 0 radical (unpaired) electrons. The molecule has 0 fully saturated rings. The van der Waals surface area contributed by atoms with Crippen LogP contribution in [0.4, 0.5) is 0 Å². The minimum Gasteiger partial charge on any atom is -0.365 e. The molecule has 3 heteroatoms. The fraction of sp³-hybridized carbons (Fsp3) is 0.467. The van der Waals surface area contributed by atoms with Gasteiger partial charge in [-0.3, -0.25) is 0 Å². The smallest absolute Gasteiger partial charge is 0.0819 e. The zero-order valence-electron chi connectivity index (χ0n) is 11.2. The molecule has 1 aliphatic heterocycles. The molecule has 1 aromatic rings. The van der Waals surface area contributed by atoms with Gasteiger partial charge >= 0.3 is 0 Å². The van der Waals surface area contributed by atoms with Crippen molar-refractivity contribution in [1.82, 2.24) is 0 Å². The van der Waals surface area contributed by atoms with E-state index in [1.54, 1.807) is 0 Å². The van der Waals surface area contributed by atoms with Crippen molar-refractivity contribution < 1.29 is 4.74 Å². The SMILES string of the molecule is CC1(C)C=C(c2cc(Br)ccc2I)CC(C)(C)O1. The predicted octanol–water partition coefficient (Wildman–Crippen LogP) is 5.41. The third kappa shape index (κ3) is 3.36. The monoisotopic (exact) mass is 420 g/mol. The number of ether oxygens (including phenoxy) is 1. The first kappa shape index (κ1) is 14.5. The molecule has 0 amide bonds. The summed E-state index contributed by atoms with van der Waals surface area (Å²) in [7, 11) is 0. The van der Waals surface area contributed by atoms with E-state index in [9.17, 15) is 0 Å². The van der Waals surface area contributed by atoms with Crippen LogP contribution in [0, 0.1) is 3.57 Å². The van der Waals surface area contributed by atoms with Crippen LogP contribution in [0.2, 0.25) is 0 Å². The van der Waals surface area contributed by atoms with E-state index in [1.807, 2.05) is 0 Å². The first-order valence-electron chi connectivity index (χ1n) is 6.06. The van der Waals surface area contributed by atoms with Crippen LogP contribution in [0.1, 0.15) is 39.7 Å². The van der Waals surface area contributed by atoms with Gasteiger partial charge in [-0.2, -0.15) is 0 Å². The molecule has 0 saturated carbocycles. The Balaban J connectivity index is 2.50. The van der Waals surface area contributed by atoms with E-state index in [2.05, 4.69) is 90.5 Å². The van der Waals surface area contributed by atoms with Crippen molar-refractivity contribution in [3.05, 3.63) is 37.9 Å². The Bertz CT molecular complexity index is 503. The van der Waals surface area contributed by atoms with Crippen LogP contribution in [0.5, 0.6) is 0 Å². The summed E-state index contributed by atoms with van der Waals surface area (Å²) < 4.78 is 8.51. The summed E-state index contributed by atoms with van der Waals surface area (Å²) in [5.74, 6) is 0. The summed E-state index contributed by atoms with van der Waals surface area (Å²) in [6.07, 6.45) is 3.20. The maximum Gasteiger partial charge on any atom is 0.0819 e. The van der Waals surface area contributed by atoms with E-state index >= 15 is 0 Å². The molecule has 0 aliphatic carbocycles. The fourth-order valence-electron chi connectivity index (χ4n) is 2.62. The van der Waals surface area contributed by atoms with Crippen molar-refractivity contribution in [2.75, 3.05) is 0 Å². The maximum atomic E-state index is 6.09. The quantitative estimate of drug-likeness (QED) is 0.551. The normalized spacial score (nSPS) is 21.6. The molecule has 0 aromatic heterocycles. The van der Waals surface area contributed by atoms with E-state index in [0.29, 0.717) is 0 Å². The highest BCUT2D eigenvalue weighted by Gasteiger charge is 2.34. The standard InChI is InChI=1S/C15H18BrIO/c1-14(2)8-10(9-15(3,4)18-14)12-7-11(16)5-6-13(12)17/h5-8H,9H2,1-4H3. The van der Waals surface area contributed by atoms with Crippen LogP contribution in [-0.2, 0) is 4.74 Å². The Labute approximate surface area is 131 Å². The Kier molecular flexibility index (Phi) is 3.96. The molecule has 1 heterocycles. The maximum absolute atomic E-state index is 6.09. The molecule has 0 spiro atoms. The minimum absolute atomic E-state index is 0.112. The molecule has 98 valence electrons. The van der Waals surface area contributed by atoms with E-state index < -0.39 is 0 Å². The first-order chi connectivity index (χ1) is 8.19. The van der Waals surface area contributed by atoms with Crippen molar-refractivity contribution in [3.8, 4) is 0 Å². The summed E-state index contributed by atoms with van der Waals surface area (Å²) in [6, 6.07) is 6.43. The van der Waals surface area contributed by atoms with E-state index in [4.69, 9.17) is 4.74 Å². The molecule has 2 rings (SSSR count). The third-order valence-electron chi connectivity index (χ3n) is 2.95. The van der Waals surface area contributed by atoms with E-state index in [-0.39, 0.29) is 11.2 Å². The Morgan fingerprint density at radius 1 is 1.22 bits per heavy atom. The van der Waals surface area contributed by atoms with E-state index in [1.165, 1.54) is 14.7 Å². The average Bonchev–Trinajstić information content (AvgIpc) is 2.17. The molecule has 1 aliphatic rings. The van der Waals surface area contributed by atoms with E-state index in [0.717, 1.165) is 10.9 Å². The molecular weight excluding hydrogens is 403 g/mol. The lowest BCUT2D eigenvalue weighted by Gasteiger charge is -2.40. The van der Waals surface area contributed by atoms with Gasteiger partial charge in [-0.25, -0.2) is 0 Å². The molecule has 0 atom stereocenters. The van der Waals surface area contributed by atoms with Gasteiger partial charge in [0.1, 0.15) is 0 Å². The molecule has 0 N–H and O–H groups in total. The topological polar surface area (TPSA) is 9.23 Å². The predicted molar refractivity (Wildman–Crippen MR) is 88.7 cm³/mol. The highest BCUT2D eigenvalue weighted by Crippen LogP contribution is 2.40. The van der Waals surface area contributed by atoms with Gasteiger partial charge in [-0.1, -0.05) is 15.9 Å². The van der Waals surface area contributed by atoms with Crippen LogP contribution in [0.15, 0.2) is 28.7 Å². The van der Waals surface area contributed by atoms with Gasteiger partial charge in [0.05, 0.1) is 11.2 Å². The third-order valence-corrected chi connectivity index (χ3v) is 4.39. The van der Waals surface area contributed by atoms with Gasteiger partial charge in [0.15, 0.2) is 0 Å². The highest BCUT2D eigenvalue weighted by atomic mass is 127. The lowest BCUT2D eigenvalue weighted by molar-refractivity contribution is -0.100. The van der Waals surface area contributed by atoms with Crippen molar-refractivity contribution in [2.45, 2.75) is 45.3 Å². The Morgan fingerprint density at radius 3 is 2.50 bits per heavy atom. The zero-order chi connectivity index (χ0) is 13.6.